The highest BCUT2D eigenvalue weighted by molar-refractivity contribution is 6.72. The van der Waals surface area contributed by atoms with Crippen molar-refractivity contribution in [1.29, 1.82) is 0 Å². The zero-order chi connectivity index (χ0) is 8.04. The molecule has 0 saturated heterocycles. The molecule has 0 fully saturated rings. The van der Waals surface area contributed by atoms with Gasteiger partial charge in [-0.3, -0.25) is 0 Å². The summed E-state index contributed by atoms with van der Waals surface area (Å²) in [5, 5.41) is 0. The predicted octanol–water partition coefficient (Wildman–Crippen LogP) is -0.00650. The lowest BCUT2D eigenvalue weighted by Crippen LogP contribution is -2.69. The van der Waals surface area contributed by atoms with E-state index in [4.69, 9.17) is 0 Å². The van der Waals surface area contributed by atoms with Crippen LogP contribution in [0.2, 0.25) is 6.04 Å². The van der Waals surface area contributed by atoms with Gasteiger partial charge in [0.1, 0.15) is 0 Å². The summed E-state index contributed by atoms with van der Waals surface area (Å²) in [5.74, 6) is 0. The second kappa shape index (κ2) is 4.84. The van der Waals surface area contributed by atoms with Gasteiger partial charge in [0.2, 0.25) is 0 Å². The van der Waals surface area contributed by atoms with Crippen LogP contribution in [0.25, 0.3) is 0 Å². The molecule has 0 aliphatic rings. The summed E-state index contributed by atoms with van der Waals surface area (Å²) in [5.41, 5.74) is 0. The van der Waals surface area contributed by atoms with Crippen LogP contribution in [-0.4, -0.2) is 29.7 Å². The van der Waals surface area contributed by atoms with Crippen LogP contribution in [0, 0.1) is 0 Å². The van der Waals surface area contributed by atoms with Gasteiger partial charge < -0.3 is 14.9 Å². The first kappa shape index (κ1) is 10.1. The second-order valence-corrected chi connectivity index (χ2v) is 6.22. The summed E-state index contributed by atoms with van der Waals surface area (Å²) < 4.78 is 0. The van der Waals surface area contributed by atoms with Gasteiger partial charge in [0.25, 0.3) is 8.56 Å². The second-order valence-electron chi connectivity index (χ2n) is 2.41. The molecule has 0 atom stereocenters. The number of rotatable bonds is 5. The lowest BCUT2D eigenvalue weighted by atomic mass is 10.6. The molecule has 0 bridgehead atoms. The molecule has 0 spiro atoms. The van der Waals surface area contributed by atoms with Gasteiger partial charge in [-0.2, -0.15) is 0 Å². The molecule has 0 aliphatic carbocycles. The van der Waals surface area contributed by atoms with Gasteiger partial charge in [-0.1, -0.05) is 13.3 Å². The van der Waals surface area contributed by atoms with E-state index in [-0.39, 0.29) is 0 Å². The first-order chi connectivity index (χ1) is 4.74. The Kier molecular flexibility index (Phi) is 4.89. The van der Waals surface area contributed by atoms with Gasteiger partial charge in [-0.05, 0) is 27.2 Å². The highest BCUT2D eigenvalue weighted by Crippen LogP contribution is 1.98. The Morgan fingerprint density at radius 2 is 1.40 bits per heavy atom. The lowest BCUT2D eigenvalue weighted by Gasteiger charge is -2.28. The SMILES string of the molecule is CCC[Si](NC)(NC)NC. The first-order valence-corrected chi connectivity index (χ1v) is 6.02. The molecule has 0 saturated carbocycles. The summed E-state index contributed by atoms with van der Waals surface area (Å²) in [4.78, 5) is 10.00. The highest BCUT2D eigenvalue weighted by Gasteiger charge is 2.26. The molecule has 0 aliphatic heterocycles. The Morgan fingerprint density at radius 1 is 1.00 bits per heavy atom. The summed E-state index contributed by atoms with van der Waals surface area (Å²) in [7, 11) is 4.56. The van der Waals surface area contributed by atoms with Crippen molar-refractivity contribution < 1.29 is 0 Å². The molecule has 4 heteroatoms. The first-order valence-electron chi connectivity index (χ1n) is 3.81. The predicted molar refractivity (Wildman–Crippen MR) is 48.0 cm³/mol. The third kappa shape index (κ3) is 2.38. The van der Waals surface area contributed by atoms with E-state index in [1.54, 1.807) is 0 Å². The molecule has 62 valence electrons. The fourth-order valence-electron chi connectivity index (χ4n) is 1.12. The van der Waals surface area contributed by atoms with Crippen molar-refractivity contribution in [3.05, 3.63) is 0 Å². The van der Waals surface area contributed by atoms with E-state index < -0.39 is 8.56 Å². The molecule has 10 heavy (non-hydrogen) atoms. The molecule has 0 aromatic carbocycles. The molecule has 0 rings (SSSR count). The maximum absolute atomic E-state index is 3.33. The van der Waals surface area contributed by atoms with Crippen LogP contribution in [0.4, 0.5) is 0 Å². The highest BCUT2D eigenvalue weighted by atomic mass is 28.4. The molecule has 0 aromatic rings. The van der Waals surface area contributed by atoms with Crippen LogP contribution in [-0.2, 0) is 0 Å². The molecule has 0 amide bonds. The van der Waals surface area contributed by atoms with Crippen LogP contribution < -0.4 is 14.9 Å². The van der Waals surface area contributed by atoms with Crippen molar-refractivity contribution in [3.63, 3.8) is 0 Å². The van der Waals surface area contributed by atoms with Gasteiger partial charge in [0.15, 0.2) is 0 Å². The Labute approximate surface area is 64.8 Å². The van der Waals surface area contributed by atoms with Crippen molar-refractivity contribution in [2.75, 3.05) is 21.1 Å². The van der Waals surface area contributed by atoms with Crippen molar-refractivity contribution in [2.45, 2.75) is 19.4 Å². The summed E-state index contributed by atoms with van der Waals surface area (Å²) in [6.45, 7) is 2.20. The third-order valence-electron chi connectivity index (χ3n) is 1.91. The van der Waals surface area contributed by atoms with E-state index in [9.17, 15) is 0 Å². The Balaban J connectivity index is 3.87. The average Bonchev–Trinajstić information content (AvgIpc) is 2.01. The van der Waals surface area contributed by atoms with Crippen LogP contribution in [0.3, 0.4) is 0 Å². The van der Waals surface area contributed by atoms with Crippen molar-refractivity contribution >= 4 is 8.56 Å². The molecule has 0 unspecified atom stereocenters. The lowest BCUT2D eigenvalue weighted by molar-refractivity contribution is 0.853. The van der Waals surface area contributed by atoms with E-state index in [1.807, 2.05) is 21.1 Å². The zero-order valence-electron chi connectivity index (χ0n) is 7.41. The monoisotopic (exact) mass is 161 g/mol. The summed E-state index contributed by atoms with van der Waals surface area (Å²) in [6.07, 6.45) is 1.22. The minimum Gasteiger partial charge on any atom is -0.316 e. The molecule has 0 heterocycles. The summed E-state index contributed by atoms with van der Waals surface area (Å²) >= 11 is 0. The van der Waals surface area contributed by atoms with Crippen LogP contribution >= 0.6 is 0 Å². The van der Waals surface area contributed by atoms with Gasteiger partial charge in [0, 0.05) is 0 Å². The quantitative estimate of drug-likeness (QED) is 0.497. The minimum atomic E-state index is -1.47. The fourth-order valence-corrected chi connectivity index (χ4v) is 3.37. The molecule has 0 radical (unpaired) electrons. The zero-order valence-corrected chi connectivity index (χ0v) is 8.41. The van der Waals surface area contributed by atoms with Gasteiger partial charge in [-0.25, -0.2) is 0 Å². The summed E-state index contributed by atoms with van der Waals surface area (Å²) in [6, 6.07) is 1.22. The Morgan fingerprint density at radius 3 is 1.50 bits per heavy atom. The van der Waals surface area contributed by atoms with Gasteiger partial charge in [-0.15, -0.1) is 0 Å². The smallest absolute Gasteiger partial charge is 0.280 e. The molecule has 3 nitrogen and oxygen atoms in total. The van der Waals surface area contributed by atoms with Crippen LogP contribution in [0.15, 0.2) is 0 Å². The van der Waals surface area contributed by atoms with E-state index >= 15 is 0 Å². The largest absolute Gasteiger partial charge is 0.316 e. The Bertz CT molecular complexity index is 74.8. The van der Waals surface area contributed by atoms with Gasteiger partial charge in [0.05, 0.1) is 0 Å². The topological polar surface area (TPSA) is 36.1 Å². The van der Waals surface area contributed by atoms with E-state index in [1.165, 1.54) is 12.5 Å². The number of hydrogen-bond acceptors (Lipinski definition) is 3. The van der Waals surface area contributed by atoms with Crippen LogP contribution in [0.5, 0.6) is 0 Å². The molecular weight excluding hydrogens is 142 g/mol. The van der Waals surface area contributed by atoms with Crippen molar-refractivity contribution in [2.24, 2.45) is 0 Å². The molecular formula is C6H19N3Si. The van der Waals surface area contributed by atoms with E-state index in [0.29, 0.717) is 0 Å². The normalized spacial score (nSPS) is 12.0. The number of hydrogen-bond donors (Lipinski definition) is 3. The molecule has 0 aromatic heterocycles. The minimum absolute atomic E-state index is 1.22. The van der Waals surface area contributed by atoms with Crippen LogP contribution in [0.1, 0.15) is 13.3 Å². The third-order valence-corrected chi connectivity index (χ3v) is 5.72. The van der Waals surface area contributed by atoms with Crippen molar-refractivity contribution in [3.8, 4) is 0 Å². The average molecular weight is 161 g/mol. The molecule has 3 N–H and O–H groups in total. The standard InChI is InChI=1S/C6H19N3Si/c1-5-6-10(7-2,8-3)9-4/h7-9H,5-6H2,1-4H3. The van der Waals surface area contributed by atoms with Crippen molar-refractivity contribution in [1.82, 2.24) is 14.9 Å². The van der Waals surface area contributed by atoms with Gasteiger partial charge >= 0.3 is 0 Å². The maximum atomic E-state index is 3.33. The Hall–Kier alpha value is 0.0969. The van der Waals surface area contributed by atoms with E-state index in [2.05, 4.69) is 21.9 Å². The van der Waals surface area contributed by atoms with E-state index in [0.717, 1.165) is 0 Å². The maximum Gasteiger partial charge on any atom is 0.280 e. The fraction of sp³-hybridized carbons (Fsp3) is 1.00. The number of nitrogens with one attached hydrogen (secondary N) is 3.